The summed E-state index contributed by atoms with van der Waals surface area (Å²) in [4.78, 5) is 0. The van der Waals surface area contributed by atoms with Crippen LogP contribution in [0.4, 0.5) is 17.6 Å². The highest BCUT2D eigenvalue weighted by molar-refractivity contribution is 9.10. The van der Waals surface area contributed by atoms with Crippen molar-refractivity contribution in [2.75, 3.05) is 0 Å². The molecule has 0 saturated heterocycles. The first-order chi connectivity index (χ1) is 7.30. The van der Waals surface area contributed by atoms with Crippen molar-refractivity contribution in [3.63, 3.8) is 0 Å². The molecule has 1 rings (SSSR count). The van der Waals surface area contributed by atoms with Gasteiger partial charge in [-0.25, -0.2) is 4.39 Å². The Morgan fingerprint density at radius 3 is 2.50 bits per heavy atom. The molecule has 0 aliphatic heterocycles. The summed E-state index contributed by atoms with van der Waals surface area (Å²) in [7, 11) is 0. The van der Waals surface area contributed by atoms with Gasteiger partial charge in [-0.2, -0.15) is 13.2 Å². The molecule has 16 heavy (non-hydrogen) atoms. The van der Waals surface area contributed by atoms with Crippen LogP contribution in [0.1, 0.15) is 12.0 Å². The van der Waals surface area contributed by atoms with E-state index in [1.165, 1.54) is 18.2 Å². The van der Waals surface area contributed by atoms with Gasteiger partial charge in [0.2, 0.25) is 0 Å². The monoisotopic (exact) mass is 299 g/mol. The Hall–Kier alpha value is -0.620. The zero-order valence-corrected chi connectivity index (χ0v) is 9.78. The van der Waals surface area contributed by atoms with Crippen molar-refractivity contribution in [1.82, 2.24) is 0 Å². The molecule has 0 aliphatic carbocycles. The van der Waals surface area contributed by atoms with E-state index in [1.807, 2.05) is 0 Å². The van der Waals surface area contributed by atoms with Gasteiger partial charge in [0.25, 0.3) is 0 Å². The number of hydrogen-bond acceptors (Lipinski definition) is 1. The summed E-state index contributed by atoms with van der Waals surface area (Å²) in [5, 5.41) is 0. The number of rotatable bonds is 3. The zero-order chi connectivity index (χ0) is 12.3. The Labute approximate surface area is 98.8 Å². The fourth-order valence-corrected chi connectivity index (χ4v) is 1.62. The molecule has 0 bridgehead atoms. The summed E-state index contributed by atoms with van der Waals surface area (Å²) in [6.45, 7) is 0. The van der Waals surface area contributed by atoms with Gasteiger partial charge in [0.05, 0.1) is 0 Å². The molecule has 1 atom stereocenters. The minimum Gasteiger partial charge on any atom is -0.320 e. The molecule has 90 valence electrons. The van der Waals surface area contributed by atoms with Crippen molar-refractivity contribution in [2.45, 2.75) is 25.1 Å². The summed E-state index contributed by atoms with van der Waals surface area (Å²) in [6.07, 6.45) is -4.79. The Kier molecular flexibility index (Phi) is 4.32. The van der Waals surface area contributed by atoms with E-state index in [4.69, 9.17) is 5.73 Å². The molecule has 0 heterocycles. The second-order valence-corrected chi connectivity index (χ2v) is 4.34. The number of nitrogens with two attached hydrogens (primary N) is 1. The predicted octanol–water partition coefficient (Wildman–Crippen LogP) is 3.41. The lowest BCUT2D eigenvalue weighted by Crippen LogP contribution is -2.37. The second kappa shape index (κ2) is 5.14. The van der Waals surface area contributed by atoms with Gasteiger partial charge in [0, 0.05) is 4.47 Å². The topological polar surface area (TPSA) is 26.0 Å². The first kappa shape index (κ1) is 13.4. The summed E-state index contributed by atoms with van der Waals surface area (Å²) in [5.41, 5.74) is 5.16. The standard InChI is InChI=1S/C10H10BrF4N/c11-7-2-3-8(12)6(5-7)1-4-9(16)10(13,14)15/h2-3,5,9H,1,4,16H2. The van der Waals surface area contributed by atoms with Gasteiger partial charge in [0.1, 0.15) is 11.9 Å². The molecule has 6 heteroatoms. The number of aryl methyl sites for hydroxylation is 1. The third-order valence-corrected chi connectivity index (χ3v) is 2.65. The highest BCUT2D eigenvalue weighted by Gasteiger charge is 2.36. The molecule has 0 aromatic heterocycles. The predicted molar refractivity (Wildman–Crippen MR) is 56.5 cm³/mol. The van der Waals surface area contributed by atoms with Crippen molar-refractivity contribution in [2.24, 2.45) is 5.73 Å². The van der Waals surface area contributed by atoms with Crippen LogP contribution in [-0.2, 0) is 6.42 Å². The highest BCUT2D eigenvalue weighted by Crippen LogP contribution is 2.23. The summed E-state index contributed by atoms with van der Waals surface area (Å²) < 4.78 is 50.1. The van der Waals surface area contributed by atoms with E-state index in [1.54, 1.807) is 0 Å². The van der Waals surface area contributed by atoms with Crippen LogP contribution in [-0.4, -0.2) is 12.2 Å². The second-order valence-electron chi connectivity index (χ2n) is 3.42. The van der Waals surface area contributed by atoms with Crippen LogP contribution in [0.5, 0.6) is 0 Å². The van der Waals surface area contributed by atoms with E-state index >= 15 is 0 Å². The normalized spacial score (nSPS) is 13.9. The van der Waals surface area contributed by atoms with Gasteiger partial charge < -0.3 is 5.73 Å². The minimum absolute atomic E-state index is 0.0358. The zero-order valence-electron chi connectivity index (χ0n) is 8.19. The molecule has 0 aliphatic rings. The number of benzene rings is 1. The third-order valence-electron chi connectivity index (χ3n) is 2.15. The van der Waals surface area contributed by atoms with Gasteiger partial charge in [-0.15, -0.1) is 0 Å². The molecule has 1 aromatic rings. The molecule has 2 N–H and O–H groups in total. The van der Waals surface area contributed by atoms with E-state index in [0.717, 1.165) is 0 Å². The lowest BCUT2D eigenvalue weighted by Gasteiger charge is -2.15. The SMILES string of the molecule is NC(CCc1cc(Br)ccc1F)C(F)(F)F. The van der Waals surface area contributed by atoms with Crippen molar-refractivity contribution < 1.29 is 17.6 Å². The molecule has 0 saturated carbocycles. The molecule has 1 unspecified atom stereocenters. The van der Waals surface area contributed by atoms with Gasteiger partial charge in [0.15, 0.2) is 0 Å². The Morgan fingerprint density at radius 1 is 1.31 bits per heavy atom. The van der Waals surface area contributed by atoms with Gasteiger partial charge in [-0.1, -0.05) is 15.9 Å². The number of alkyl halides is 3. The van der Waals surface area contributed by atoms with E-state index in [-0.39, 0.29) is 18.4 Å². The Bertz CT molecular complexity index is 364. The molecular weight excluding hydrogens is 290 g/mol. The fraction of sp³-hybridized carbons (Fsp3) is 0.400. The van der Waals surface area contributed by atoms with Gasteiger partial charge in [-0.3, -0.25) is 0 Å². The first-order valence-corrected chi connectivity index (χ1v) is 5.36. The van der Waals surface area contributed by atoms with Gasteiger partial charge >= 0.3 is 6.18 Å². The molecular formula is C10H10BrF4N. The summed E-state index contributed by atoms with van der Waals surface area (Å²) in [6, 6.07) is 2.24. The van der Waals surface area contributed by atoms with Crippen LogP contribution >= 0.6 is 15.9 Å². The number of halogens is 5. The lowest BCUT2D eigenvalue weighted by molar-refractivity contribution is -0.148. The van der Waals surface area contributed by atoms with Gasteiger partial charge in [-0.05, 0) is 36.6 Å². The van der Waals surface area contributed by atoms with E-state index in [0.29, 0.717) is 4.47 Å². The van der Waals surface area contributed by atoms with Crippen LogP contribution in [0.25, 0.3) is 0 Å². The fourth-order valence-electron chi connectivity index (χ4n) is 1.21. The number of hydrogen-bond donors (Lipinski definition) is 1. The van der Waals surface area contributed by atoms with Crippen LogP contribution < -0.4 is 5.73 Å². The highest BCUT2D eigenvalue weighted by atomic mass is 79.9. The smallest absolute Gasteiger partial charge is 0.320 e. The largest absolute Gasteiger partial charge is 0.403 e. The van der Waals surface area contributed by atoms with E-state index < -0.39 is 18.0 Å². The lowest BCUT2D eigenvalue weighted by atomic mass is 10.1. The van der Waals surface area contributed by atoms with Crippen molar-refractivity contribution in [3.05, 3.63) is 34.1 Å². The molecule has 1 nitrogen and oxygen atoms in total. The van der Waals surface area contributed by atoms with Crippen LogP contribution in [0.15, 0.2) is 22.7 Å². The maximum atomic E-state index is 13.2. The minimum atomic E-state index is -4.43. The molecule has 0 spiro atoms. The maximum Gasteiger partial charge on any atom is 0.403 e. The molecule has 0 amide bonds. The van der Waals surface area contributed by atoms with Crippen LogP contribution in [0, 0.1) is 5.82 Å². The van der Waals surface area contributed by atoms with Crippen LogP contribution in [0.3, 0.4) is 0 Å². The maximum absolute atomic E-state index is 13.2. The summed E-state index contributed by atoms with van der Waals surface area (Å²) in [5.74, 6) is -0.516. The quantitative estimate of drug-likeness (QED) is 0.851. The molecule has 0 radical (unpaired) electrons. The first-order valence-electron chi connectivity index (χ1n) is 4.57. The summed E-state index contributed by atoms with van der Waals surface area (Å²) >= 11 is 3.12. The third kappa shape index (κ3) is 3.75. The average Bonchev–Trinajstić information content (AvgIpc) is 2.17. The van der Waals surface area contributed by atoms with Crippen LogP contribution in [0.2, 0.25) is 0 Å². The molecule has 0 fully saturated rings. The average molecular weight is 300 g/mol. The van der Waals surface area contributed by atoms with Crippen molar-refractivity contribution in [1.29, 1.82) is 0 Å². The Morgan fingerprint density at radius 2 is 1.94 bits per heavy atom. The van der Waals surface area contributed by atoms with E-state index in [9.17, 15) is 17.6 Å². The van der Waals surface area contributed by atoms with Crippen molar-refractivity contribution >= 4 is 15.9 Å². The van der Waals surface area contributed by atoms with Crippen molar-refractivity contribution in [3.8, 4) is 0 Å². The van der Waals surface area contributed by atoms with E-state index in [2.05, 4.69) is 15.9 Å². The Balaban J connectivity index is 2.64. The molecule has 1 aromatic carbocycles.